The van der Waals surface area contributed by atoms with Gasteiger partial charge in [-0.1, -0.05) is 49.3 Å². The number of rotatable bonds is 1. The van der Waals surface area contributed by atoms with Crippen molar-refractivity contribution in [1.82, 2.24) is 0 Å². The molecule has 0 aromatic carbocycles. The summed E-state index contributed by atoms with van der Waals surface area (Å²) in [5, 5.41) is 20.7. The van der Waals surface area contributed by atoms with E-state index in [1.54, 1.807) is 6.92 Å². The first-order valence-corrected chi connectivity index (χ1v) is 8.62. The summed E-state index contributed by atoms with van der Waals surface area (Å²) in [6.45, 7) is 10.5. The third kappa shape index (κ3) is 7.42. The molecule has 126 valence electrons. The van der Waals surface area contributed by atoms with Crippen molar-refractivity contribution in [3.63, 3.8) is 0 Å². The predicted molar refractivity (Wildman–Crippen MR) is 94.7 cm³/mol. The molecule has 2 nitrogen and oxygen atoms in total. The fourth-order valence-electron chi connectivity index (χ4n) is 2.99. The van der Waals surface area contributed by atoms with Gasteiger partial charge in [-0.05, 0) is 58.3 Å². The van der Waals surface area contributed by atoms with Gasteiger partial charge in [-0.2, -0.15) is 0 Å². The van der Waals surface area contributed by atoms with Crippen LogP contribution >= 0.6 is 0 Å². The van der Waals surface area contributed by atoms with Crippen LogP contribution in [0.25, 0.3) is 0 Å². The van der Waals surface area contributed by atoms with Crippen LogP contribution in [0.15, 0.2) is 35.5 Å². The molecule has 2 N–H and O–H groups in total. The minimum Gasteiger partial charge on any atom is -0.389 e. The van der Waals surface area contributed by atoms with Gasteiger partial charge in [0.1, 0.15) is 0 Å². The molecule has 0 saturated carbocycles. The van der Waals surface area contributed by atoms with Crippen LogP contribution in [-0.2, 0) is 0 Å². The van der Waals surface area contributed by atoms with E-state index in [0.29, 0.717) is 18.3 Å². The van der Waals surface area contributed by atoms with Crippen LogP contribution < -0.4 is 0 Å². The Morgan fingerprint density at radius 2 is 1.86 bits per heavy atom. The van der Waals surface area contributed by atoms with Crippen LogP contribution in [0.1, 0.15) is 66.7 Å². The van der Waals surface area contributed by atoms with E-state index in [9.17, 15) is 10.2 Å². The molecule has 1 aliphatic rings. The molecule has 1 rings (SSSR count). The van der Waals surface area contributed by atoms with Crippen LogP contribution in [0.4, 0.5) is 0 Å². The van der Waals surface area contributed by atoms with Crippen molar-refractivity contribution in [2.75, 3.05) is 0 Å². The first-order valence-electron chi connectivity index (χ1n) is 8.62. The summed E-state index contributed by atoms with van der Waals surface area (Å²) < 4.78 is 0. The van der Waals surface area contributed by atoms with E-state index in [1.165, 1.54) is 11.1 Å². The third-order valence-corrected chi connectivity index (χ3v) is 4.56. The quantitative estimate of drug-likeness (QED) is 0.684. The Morgan fingerprint density at radius 3 is 2.50 bits per heavy atom. The third-order valence-electron chi connectivity index (χ3n) is 4.56. The topological polar surface area (TPSA) is 40.5 Å². The fourth-order valence-corrected chi connectivity index (χ4v) is 2.99. The highest BCUT2D eigenvalue weighted by Gasteiger charge is 2.21. The standard InChI is InChI=1S/C20H34O2/c1-15(2)18-10-9-16(3)7-6-8-17(4)13-19(21)14-20(5,22)12-11-18/h7,11-13,15,18-19,21-22H,6,8-10,14H2,1-5H3/b12-11+,16-7+,17-13+/t18-,19+,20-/m1/s1. The van der Waals surface area contributed by atoms with Gasteiger partial charge in [-0.15, -0.1) is 0 Å². The van der Waals surface area contributed by atoms with E-state index < -0.39 is 11.7 Å². The maximum atomic E-state index is 10.5. The van der Waals surface area contributed by atoms with Gasteiger partial charge in [0.05, 0.1) is 11.7 Å². The molecule has 0 unspecified atom stereocenters. The monoisotopic (exact) mass is 306 g/mol. The smallest absolute Gasteiger partial charge is 0.0827 e. The average Bonchev–Trinajstić information content (AvgIpc) is 2.36. The maximum Gasteiger partial charge on any atom is 0.0827 e. The Morgan fingerprint density at radius 1 is 1.18 bits per heavy atom. The van der Waals surface area contributed by atoms with Crippen molar-refractivity contribution in [1.29, 1.82) is 0 Å². The molecule has 0 aromatic heterocycles. The highest BCUT2D eigenvalue weighted by Crippen LogP contribution is 2.25. The van der Waals surface area contributed by atoms with Gasteiger partial charge in [0.2, 0.25) is 0 Å². The fraction of sp³-hybridized carbons (Fsp3) is 0.700. The summed E-state index contributed by atoms with van der Waals surface area (Å²) in [6, 6.07) is 0. The summed E-state index contributed by atoms with van der Waals surface area (Å²) in [6.07, 6.45) is 12.2. The maximum absolute atomic E-state index is 10.5. The predicted octanol–water partition coefficient (Wildman–Crippen LogP) is 4.78. The minimum atomic E-state index is -0.960. The van der Waals surface area contributed by atoms with Gasteiger partial charge in [-0.3, -0.25) is 0 Å². The zero-order valence-corrected chi connectivity index (χ0v) is 15.0. The zero-order valence-electron chi connectivity index (χ0n) is 15.0. The largest absolute Gasteiger partial charge is 0.389 e. The van der Waals surface area contributed by atoms with E-state index in [1.807, 2.05) is 12.2 Å². The van der Waals surface area contributed by atoms with Crippen LogP contribution in [0, 0.1) is 11.8 Å². The van der Waals surface area contributed by atoms with Crippen molar-refractivity contribution in [2.45, 2.75) is 78.4 Å². The zero-order chi connectivity index (χ0) is 16.8. The van der Waals surface area contributed by atoms with E-state index in [0.717, 1.165) is 25.7 Å². The summed E-state index contributed by atoms with van der Waals surface area (Å²) in [5.74, 6) is 1.02. The summed E-state index contributed by atoms with van der Waals surface area (Å²) in [7, 11) is 0. The van der Waals surface area contributed by atoms with E-state index in [4.69, 9.17) is 0 Å². The molecule has 3 atom stereocenters. The second kappa shape index (κ2) is 8.69. The van der Waals surface area contributed by atoms with Gasteiger partial charge in [0.15, 0.2) is 0 Å². The van der Waals surface area contributed by atoms with Crippen LogP contribution in [0.2, 0.25) is 0 Å². The minimum absolute atomic E-state index is 0.348. The number of allylic oxidation sites excluding steroid dienone is 4. The lowest BCUT2D eigenvalue weighted by atomic mass is 9.86. The van der Waals surface area contributed by atoms with E-state index >= 15 is 0 Å². The van der Waals surface area contributed by atoms with Crippen molar-refractivity contribution >= 4 is 0 Å². The molecule has 0 amide bonds. The highest BCUT2D eigenvalue weighted by molar-refractivity contribution is 5.10. The molecule has 0 radical (unpaired) electrons. The number of hydrogen-bond acceptors (Lipinski definition) is 2. The molecule has 0 bridgehead atoms. The molecular weight excluding hydrogens is 272 g/mol. The molecule has 0 heterocycles. The number of aliphatic hydroxyl groups is 2. The second-order valence-corrected chi connectivity index (χ2v) is 7.54. The van der Waals surface area contributed by atoms with Gasteiger partial charge in [0.25, 0.3) is 0 Å². The van der Waals surface area contributed by atoms with Crippen molar-refractivity contribution in [3.8, 4) is 0 Å². The van der Waals surface area contributed by atoms with E-state index in [-0.39, 0.29) is 0 Å². The van der Waals surface area contributed by atoms with Crippen molar-refractivity contribution in [2.24, 2.45) is 11.8 Å². The summed E-state index contributed by atoms with van der Waals surface area (Å²) in [4.78, 5) is 0. The Bertz CT molecular complexity index is 427. The molecule has 0 saturated heterocycles. The van der Waals surface area contributed by atoms with Crippen LogP contribution in [-0.4, -0.2) is 21.9 Å². The number of aliphatic hydroxyl groups excluding tert-OH is 1. The normalized spacial score (nSPS) is 38.5. The molecule has 2 heteroatoms. The van der Waals surface area contributed by atoms with Gasteiger partial charge in [-0.25, -0.2) is 0 Å². The van der Waals surface area contributed by atoms with Crippen LogP contribution in [0.3, 0.4) is 0 Å². The van der Waals surface area contributed by atoms with E-state index in [2.05, 4.69) is 39.8 Å². The highest BCUT2D eigenvalue weighted by atomic mass is 16.3. The Kier molecular flexibility index (Phi) is 7.58. The van der Waals surface area contributed by atoms with Gasteiger partial charge >= 0.3 is 0 Å². The lowest BCUT2D eigenvalue weighted by molar-refractivity contribution is 0.0565. The average molecular weight is 306 g/mol. The van der Waals surface area contributed by atoms with Gasteiger partial charge < -0.3 is 10.2 Å². The summed E-state index contributed by atoms with van der Waals surface area (Å²) >= 11 is 0. The second-order valence-electron chi connectivity index (χ2n) is 7.54. The molecule has 0 spiro atoms. The molecule has 22 heavy (non-hydrogen) atoms. The SMILES string of the molecule is C/C1=C\[C@H](O)C[C@](C)(O)/C=C/[C@H](C(C)C)CC/C(C)=C/CC1. The van der Waals surface area contributed by atoms with Crippen molar-refractivity contribution in [3.05, 3.63) is 35.5 Å². The molecule has 0 fully saturated rings. The molecule has 0 aliphatic heterocycles. The van der Waals surface area contributed by atoms with Gasteiger partial charge in [0, 0.05) is 6.42 Å². The first kappa shape index (κ1) is 19.2. The lowest BCUT2D eigenvalue weighted by Crippen LogP contribution is -2.27. The van der Waals surface area contributed by atoms with Crippen molar-refractivity contribution < 1.29 is 10.2 Å². The van der Waals surface area contributed by atoms with Crippen LogP contribution in [0.5, 0.6) is 0 Å². The molecule has 0 aromatic rings. The Labute approximate surface area is 136 Å². The number of hydrogen-bond donors (Lipinski definition) is 2. The Hall–Kier alpha value is -0.860. The Balaban J connectivity index is 2.97. The molecule has 1 aliphatic carbocycles. The summed E-state index contributed by atoms with van der Waals surface area (Å²) in [5.41, 5.74) is 1.67. The first-order chi connectivity index (χ1) is 10.2. The lowest BCUT2D eigenvalue weighted by Gasteiger charge is -2.24. The molecular formula is C20H34O2.